The predicted molar refractivity (Wildman–Crippen MR) is 56.4 cm³/mol. The summed E-state index contributed by atoms with van der Waals surface area (Å²) in [6, 6.07) is 0. The molecule has 0 aromatic heterocycles. The van der Waals surface area contributed by atoms with E-state index in [1.165, 1.54) is 0 Å². The average molecular weight is 248 g/mol. The molecule has 0 aromatic rings. The van der Waals surface area contributed by atoms with Crippen LogP contribution in [0.5, 0.6) is 0 Å². The number of carbonyl (C=O) groups excluding carboxylic acids is 2. The van der Waals surface area contributed by atoms with E-state index in [0.29, 0.717) is 6.42 Å². The first-order valence-corrected chi connectivity index (χ1v) is 6.44. The SMILES string of the molecule is CSCCCCCC(O)(CC(=O)[O-])C(=O)[O-]. The van der Waals surface area contributed by atoms with Crippen LogP contribution in [0.3, 0.4) is 0 Å². The van der Waals surface area contributed by atoms with Crippen LogP contribution in [0, 0.1) is 0 Å². The third-order valence-electron chi connectivity index (χ3n) is 2.26. The molecule has 0 aliphatic heterocycles. The van der Waals surface area contributed by atoms with Crippen molar-refractivity contribution in [3.63, 3.8) is 0 Å². The van der Waals surface area contributed by atoms with Crippen LogP contribution in [0.2, 0.25) is 0 Å². The van der Waals surface area contributed by atoms with Crippen molar-refractivity contribution in [3.8, 4) is 0 Å². The monoisotopic (exact) mass is 248 g/mol. The highest BCUT2D eigenvalue weighted by molar-refractivity contribution is 7.98. The second-order valence-electron chi connectivity index (χ2n) is 3.67. The maximum atomic E-state index is 10.6. The molecule has 94 valence electrons. The summed E-state index contributed by atoms with van der Waals surface area (Å²) >= 11 is 1.68. The van der Waals surface area contributed by atoms with E-state index in [9.17, 15) is 24.9 Å². The minimum absolute atomic E-state index is 0.113. The minimum atomic E-state index is -2.29. The van der Waals surface area contributed by atoms with E-state index >= 15 is 0 Å². The van der Waals surface area contributed by atoms with E-state index in [0.717, 1.165) is 18.6 Å². The number of carbonyl (C=O) groups is 2. The van der Waals surface area contributed by atoms with Crippen molar-refractivity contribution in [2.24, 2.45) is 0 Å². The summed E-state index contributed by atoms with van der Waals surface area (Å²) in [5.41, 5.74) is -2.29. The van der Waals surface area contributed by atoms with Crippen molar-refractivity contribution in [2.75, 3.05) is 12.0 Å². The highest BCUT2D eigenvalue weighted by Crippen LogP contribution is 2.18. The Balaban J connectivity index is 4.03. The first-order chi connectivity index (χ1) is 7.42. The molecule has 1 N–H and O–H groups in total. The van der Waals surface area contributed by atoms with E-state index < -0.39 is 24.0 Å². The van der Waals surface area contributed by atoms with Gasteiger partial charge in [-0.3, -0.25) is 0 Å². The highest BCUT2D eigenvalue weighted by Gasteiger charge is 2.28. The zero-order chi connectivity index (χ0) is 12.6. The van der Waals surface area contributed by atoms with Crippen molar-refractivity contribution in [1.82, 2.24) is 0 Å². The van der Waals surface area contributed by atoms with E-state index in [2.05, 4.69) is 0 Å². The molecule has 0 amide bonds. The van der Waals surface area contributed by atoms with Gasteiger partial charge in [0.2, 0.25) is 0 Å². The van der Waals surface area contributed by atoms with Gasteiger partial charge in [-0.15, -0.1) is 0 Å². The molecule has 0 spiro atoms. The highest BCUT2D eigenvalue weighted by atomic mass is 32.2. The van der Waals surface area contributed by atoms with Gasteiger partial charge >= 0.3 is 0 Å². The largest absolute Gasteiger partial charge is 0.550 e. The summed E-state index contributed by atoms with van der Waals surface area (Å²) in [6.45, 7) is 0. The van der Waals surface area contributed by atoms with Crippen molar-refractivity contribution in [3.05, 3.63) is 0 Å². The number of carboxylic acid groups (broad SMARTS) is 2. The quantitative estimate of drug-likeness (QED) is 0.500. The molecule has 0 bridgehead atoms. The van der Waals surface area contributed by atoms with Crippen LogP contribution < -0.4 is 10.2 Å². The van der Waals surface area contributed by atoms with Gasteiger partial charge in [-0.25, -0.2) is 0 Å². The Morgan fingerprint density at radius 1 is 1.25 bits per heavy atom. The van der Waals surface area contributed by atoms with Gasteiger partial charge in [-0.05, 0) is 24.9 Å². The zero-order valence-electron chi connectivity index (χ0n) is 9.23. The van der Waals surface area contributed by atoms with Crippen LogP contribution in [0.4, 0.5) is 0 Å². The Hall–Kier alpha value is -0.750. The summed E-state index contributed by atoms with van der Waals surface area (Å²) < 4.78 is 0. The van der Waals surface area contributed by atoms with E-state index in [1.54, 1.807) is 11.8 Å². The van der Waals surface area contributed by atoms with Crippen LogP contribution in [0.15, 0.2) is 0 Å². The van der Waals surface area contributed by atoms with Gasteiger partial charge in [0.05, 0.1) is 5.97 Å². The smallest absolute Gasteiger partial charge is 0.109 e. The molecule has 0 rings (SSSR count). The Morgan fingerprint density at radius 3 is 2.31 bits per heavy atom. The number of aliphatic carboxylic acids is 2. The van der Waals surface area contributed by atoms with Gasteiger partial charge in [0, 0.05) is 12.4 Å². The predicted octanol–water partition coefficient (Wildman–Crippen LogP) is -1.47. The lowest BCUT2D eigenvalue weighted by atomic mass is 9.93. The number of hydrogen-bond donors (Lipinski definition) is 1. The Bertz CT molecular complexity index is 243. The molecular formula is C10H16O5S-2. The molecule has 1 atom stereocenters. The third kappa shape index (κ3) is 5.97. The lowest BCUT2D eigenvalue weighted by Crippen LogP contribution is -2.51. The lowest BCUT2D eigenvalue weighted by Gasteiger charge is -2.29. The molecule has 16 heavy (non-hydrogen) atoms. The molecule has 0 fully saturated rings. The lowest BCUT2D eigenvalue weighted by molar-refractivity contribution is -0.334. The molecule has 0 radical (unpaired) electrons. The first-order valence-electron chi connectivity index (χ1n) is 5.05. The fourth-order valence-corrected chi connectivity index (χ4v) is 1.83. The second-order valence-corrected chi connectivity index (χ2v) is 4.66. The van der Waals surface area contributed by atoms with Crippen LogP contribution in [-0.2, 0) is 9.59 Å². The summed E-state index contributed by atoms with van der Waals surface area (Å²) in [5, 5.41) is 30.4. The van der Waals surface area contributed by atoms with E-state index in [1.807, 2.05) is 6.26 Å². The summed E-state index contributed by atoms with van der Waals surface area (Å²) in [5.74, 6) is -2.37. The number of aliphatic hydroxyl groups is 1. The van der Waals surface area contributed by atoms with Crippen LogP contribution in [-0.4, -0.2) is 34.7 Å². The summed E-state index contributed by atoms with van der Waals surface area (Å²) in [4.78, 5) is 20.9. The number of carboxylic acids is 2. The maximum Gasteiger partial charge on any atom is 0.109 e. The van der Waals surface area contributed by atoms with Gasteiger partial charge in [0.25, 0.3) is 0 Å². The van der Waals surface area contributed by atoms with Crippen molar-refractivity contribution >= 4 is 23.7 Å². The standard InChI is InChI=1S/C10H18O5S/c1-16-6-4-2-3-5-10(15,9(13)14)7-8(11)12/h15H,2-7H2,1H3,(H,11,12)(H,13,14)/p-2. The normalized spacial score (nSPS) is 14.4. The van der Waals surface area contributed by atoms with Gasteiger partial charge < -0.3 is 24.9 Å². The topological polar surface area (TPSA) is 100 Å². The molecule has 1 unspecified atom stereocenters. The molecule has 5 nitrogen and oxygen atoms in total. The number of thioether (sulfide) groups is 1. The number of unbranched alkanes of at least 4 members (excludes halogenated alkanes) is 2. The number of hydrogen-bond acceptors (Lipinski definition) is 6. The van der Waals surface area contributed by atoms with Gasteiger partial charge in [-0.1, -0.05) is 12.8 Å². The Labute approximate surface area is 98.9 Å². The fraction of sp³-hybridized carbons (Fsp3) is 0.800. The van der Waals surface area contributed by atoms with Gasteiger partial charge in [0.1, 0.15) is 5.60 Å². The fourth-order valence-electron chi connectivity index (χ4n) is 1.34. The Morgan fingerprint density at radius 2 is 1.88 bits per heavy atom. The minimum Gasteiger partial charge on any atom is -0.550 e. The molecule has 0 aliphatic rings. The van der Waals surface area contributed by atoms with Crippen LogP contribution in [0.1, 0.15) is 32.1 Å². The average Bonchev–Trinajstić information content (AvgIpc) is 2.16. The van der Waals surface area contributed by atoms with Crippen molar-refractivity contribution < 1.29 is 24.9 Å². The maximum absolute atomic E-state index is 10.6. The second kappa shape index (κ2) is 7.51. The molecular weight excluding hydrogens is 232 g/mol. The third-order valence-corrected chi connectivity index (χ3v) is 2.95. The molecule has 0 saturated heterocycles. The van der Waals surface area contributed by atoms with Crippen molar-refractivity contribution in [1.29, 1.82) is 0 Å². The van der Waals surface area contributed by atoms with Gasteiger partial charge in [0.15, 0.2) is 0 Å². The van der Waals surface area contributed by atoms with Gasteiger partial charge in [-0.2, -0.15) is 11.8 Å². The van der Waals surface area contributed by atoms with Crippen molar-refractivity contribution in [2.45, 2.75) is 37.7 Å². The van der Waals surface area contributed by atoms with E-state index in [4.69, 9.17) is 0 Å². The van der Waals surface area contributed by atoms with Crippen LogP contribution in [0.25, 0.3) is 0 Å². The first kappa shape index (κ1) is 15.2. The zero-order valence-corrected chi connectivity index (χ0v) is 10.0. The summed E-state index contributed by atoms with van der Waals surface area (Å²) in [7, 11) is 0. The van der Waals surface area contributed by atoms with E-state index in [-0.39, 0.29) is 6.42 Å². The van der Waals surface area contributed by atoms with Crippen LogP contribution >= 0.6 is 11.8 Å². The number of rotatable bonds is 9. The molecule has 0 aromatic carbocycles. The molecule has 0 aliphatic carbocycles. The summed E-state index contributed by atoms with van der Waals surface area (Å²) in [6.07, 6.45) is 3.06. The molecule has 0 saturated carbocycles. The Kier molecular flexibility index (Phi) is 7.16. The molecule has 6 heteroatoms. The molecule has 0 heterocycles.